The SMILES string of the molecule is O=C1OC(c2cc([N+](=O)[O-])ccc2Cl)=N/C1=C\c1ccc(OCc2ccccc2I)cc1. The van der Waals surface area contributed by atoms with Gasteiger partial charge in [0.15, 0.2) is 5.70 Å². The molecule has 0 N–H and O–H groups in total. The van der Waals surface area contributed by atoms with Crippen LogP contribution in [0.3, 0.4) is 0 Å². The van der Waals surface area contributed by atoms with E-state index in [0.29, 0.717) is 17.9 Å². The molecule has 32 heavy (non-hydrogen) atoms. The van der Waals surface area contributed by atoms with E-state index in [2.05, 4.69) is 27.6 Å². The summed E-state index contributed by atoms with van der Waals surface area (Å²) in [6.45, 7) is 0.448. The molecule has 0 saturated carbocycles. The van der Waals surface area contributed by atoms with E-state index in [4.69, 9.17) is 21.1 Å². The van der Waals surface area contributed by atoms with Gasteiger partial charge in [0.1, 0.15) is 12.4 Å². The molecule has 9 heteroatoms. The monoisotopic (exact) mass is 560 g/mol. The van der Waals surface area contributed by atoms with Crippen molar-refractivity contribution in [2.75, 3.05) is 0 Å². The number of hydrogen-bond donors (Lipinski definition) is 0. The van der Waals surface area contributed by atoms with Crippen molar-refractivity contribution in [2.45, 2.75) is 6.61 Å². The Morgan fingerprint density at radius 2 is 1.88 bits per heavy atom. The predicted molar refractivity (Wildman–Crippen MR) is 129 cm³/mol. The summed E-state index contributed by atoms with van der Waals surface area (Å²) in [5.74, 6) is -0.0534. The lowest BCUT2D eigenvalue weighted by Crippen LogP contribution is -2.06. The number of nitro groups is 1. The average molecular weight is 561 g/mol. The minimum Gasteiger partial charge on any atom is -0.489 e. The minimum absolute atomic E-state index is 0.0649. The maximum Gasteiger partial charge on any atom is 0.363 e. The zero-order valence-corrected chi connectivity index (χ0v) is 19.2. The maximum atomic E-state index is 12.2. The fourth-order valence-electron chi connectivity index (χ4n) is 2.91. The Kier molecular flexibility index (Phi) is 6.52. The van der Waals surface area contributed by atoms with E-state index in [-0.39, 0.29) is 27.9 Å². The molecule has 1 aliphatic heterocycles. The van der Waals surface area contributed by atoms with Crippen molar-refractivity contribution in [3.63, 3.8) is 0 Å². The van der Waals surface area contributed by atoms with E-state index >= 15 is 0 Å². The van der Waals surface area contributed by atoms with E-state index < -0.39 is 10.9 Å². The number of halogens is 2. The number of hydrogen-bond acceptors (Lipinski definition) is 6. The summed E-state index contributed by atoms with van der Waals surface area (Å²) < 4.78 is 12.1. The maximum absolute atomic E-state index is 12.2. The number of esters is 1. The third-order valence-electron chi connectivity index (χ3n) is 4.55. The first kappa shape index (κ1) is 22.0. The van der Waals surface area contributed by atoms with Crippen molar-refractivity contribution in [3.05, 3.63) is 108 Å². The van der Waals surface area contributed by atoms with Crippen LogP contribution in [0.15, 0.2) is 77.4 Å². The molecule has 0 atom stereocenters. The smallest absolute Gasteiger partial charge is 0.363 e. The van der Waals surface area contributed by atoms with Gasteiger partial charge in [-0.1, -0.05) is 41.9 Å². The van der Waals surface area contributed by atoms with Crippen molar-refractivity contribution in [1.29, 1.82) is 0 Å². The van der Waals surface area contributed by atoms with E-state index in [1.54, 1.807) is 30.3 Å². The fourth-order valence-corrected chi connectivity index (χ4v) is 3.65. The highest BCUT2D eigenvalue weighted by Gasteiger charge is 2.27. The molecular formula is C23H14ClIN2O5. The van der Waals surface area contributed by atoms with Gasteiger partial charge in [-0.05, 0) is 58.5 Å². The molecule has 0 unspecified atom stereocenters. The van der Waals surface area contributed by atoms with Gasteiger partial charge in [-0.3, -0.25) is 10.1 Å². The van der Waals surface area contributed by atoms with Crippen LogP contribution < -0.4 is 4.74 Å². The molecule has 0 aromatic heterocycles. The van der Waals surface area contributed by atoms with Crippen LogP contribution in [0.1, 0.15) is 16.7 Å². The molecule has 160 valence electrons. The molecule has 0 spiro atoms. The number of cyclic esters (lactones) is 1. The standard InChI is InChI=1S/C23H14ClIN2O5/c24-19-10-7-16(27(29)30)12-18(19)22-26-21(23(28)32-22)11-14-5-8-17(9-6-14)31-13-15-3-1-2-4-20(15)25/h1-12H,13H2/b21-11-. The van der Waals surface area contributed by atoms with Gasteiger partial charge in [0.2, 0.25) is 5.90 Å². The quantitative estimate of drug-likeness (QED) is 0.125. The summed E-state index contributed by atoms with van der Waals surface area (Å²) in [7, 11) is 0. The molecule has 0 bridgehead atoms. The summed E-state index contributed by atoms with van der Waals surface area (Å²) >= 11 is 8.37. The largest absolute Gasteiger partial charge is 0.489 e. The number of non-ortho nitro benzene ring substituents is 1. The number of nitro benzene ring substituents is 1. The summed E-state index contributed by atoms with van der Waals surface area (Å²) in [4.78, 5) is 26.9. The molecular weight excluding hydrogens is 547 g/mol. The lowest BCUT2D eigenvalue weighted by molar-refractivity contribution is -0.384. The minimum atomic E-state index is -0.665. The Balaban J connectivity index is 1.51. The molecule has 0 aliphatic carbocycles. The molecule has 7 nitrogen and oxygen atoms in total. The van der Waals surface area contributed by atoms with Gasteiger partial charge in [-0.2, -0.15) is 0 Å². The zero-order valence-electron chi connectivity index (χ0n) is 16.3. The van der Waals surface area contributed by atoms with Gasteiger partial charge in [0.25, 0.3) is 5.69 Å². The van der Waals surface area contributed by atoms with Gasteiger partial charge in [0, 0.05) is 21.3 Å². The van der Waals surface area contributed by atoms with E-state index in [1.807, 2.05) is 24.3 Å². The summed E-state index contributed by atoms with van der Waals surface area (Å²) in [5, 5.41) is 11.2. The highest BCUT2D eigenvalue weighted by atomic mass is 127. The van der Waals surface area contributed by atoms with Crippen LogP contribution >= 0.6 is 34.2 Å². The first-order chi connectivity index (χ1) is 15.4. The third-order valence-corrected chi connectivity index (χ3v) is 5.93. The Morgan fingerprint density at radius 3 is 2.59 bits per heavy atom. The second-order valence-electron chi connectivity index (χ2n) is 6.71. The van der Waals surface area contributed by atoms with Crippen molar-refractivity contribution >= 4 is 57.8 Å². The molecule has 0 amide bonds. The first-order valence-electron chi connectivity index (χ1n) is 9.34. The molecule has 0 fully saturated rings. The Bertz CT molecular complexity index is 1270. The van der Waals surface area contributed by atoms with Crippen molar-refractivity contribution in [1.82, 2.24) is 0 Å². The van der Waals surface area contributed by atoms with Gasteiger partial charge >= 0.3 is 5.97 Å². The summed E-state index contributed by atoms with van der Waals surface area (Å²) in [5.41, 5.74) is 1.87. The Labute approximate surface area is 201 Å². The van der Waals surface area contributed by atoms with Crippen molar-refractivity contribution < 1.29 is 19.2 Å². The highest BCUT2D eigenvalue weighted by Crippen LogP contribution is 2.27. The number of carbonyl (C=O) groups excluding carboxylic acids is 1. The van der Waals surface area contributed by atoms with Crippen LogP contribution in [0.2, 0.25) is 5.02 Å². The molecule has 1 heterocycles. The molecule has 3 aromatic carbocycles. The lowest BCUT2D eigenvalue weighted by atomic mass is 10.2. The van der Waals surface area contributed by atoms with Crippen LogP contribution in [0.4, 0.5) is 5.69 Å². The second-order valence-corrected chi connectivity index (χ2v) is 8.28. The van der Waals surface area contributed by atoms with Crippen LogP contribution in [-0.2, 0) is 16.1 Å². The fraction of sp³-hybridized carbons (Fsp3) is 0.0435. The van der Waals surface area contributed by atoms with Gasteiger partial charge in [-0.25, -0.2) is 9.79 Å². The van der Waals surface area contributed by atoms with Gasteiger partial charge in [-0.15, -0.1) is 0 Å². The summed E-state index contributed by atoms with van der Waals surface area (Å²) in [6.07, 6.45) is 1.56. The number of aliphatic imine (C=N–C) groups is 1. The summed E-state index contributed by atoms with van der Waals surface area (Å²) in [6, 6.07) is 19.0. The normalized spacial score (nSPS) is 14.2. The zero-order chi connectivity index (χ0) is 22.7. The van der Waals surface area contributed by atoms with E-state index in [1.165, 1.54) is 18.2 Å². The number of nitrogens with zero attached hydrogens (tertiary/aromatic N) is 2. The first-order valence-corrected chi connectivity index (χ1v) is 10.8. The highest BCUT2D eigenvalue weighted by molar-refractivity contribution is 14.1. The van der Waals surface area contributed by atoms with Crippen LogP contribution in [0.5, 0.6) is 5.75 Å². The van der Waals surface area contributed by atoms with Crippen molar-refractivity contribution in [2.24, 2.45) is 4.99 Å². The van der Waals surface area contributed by atoms with Crippen LogP contribution in [0, 0.1) is 13.7 Å². The molecule has 3 aromatic rings. The molecule has 0 radical (unpaired) electrons. The molecule has 0 saturated heterocycles. The predicted octanol–water partition coefficient (Wildman–Crippen LogP) is 5.78. The Morgan fingerprint density at radius 1 is 1.12 bits per heavy atom. The molecule has 1 aliphatic rings. The molecule has 4 rings (SSSR count). The average Bonchev–Trinajstić information content (AvgIpc) is 3.14. The number of ether oxygens (including phenoxy) is 2. The number of rotatable bonds is 6. The van der Waals surface area contributed by atoms with Crippen LogP contribution in [-0.4, -0.2) is 16.8 Å². The number of carbonyl (C=O) groups is 1. The lowest BCUT2D eigenvalue weighted by Gasteiger charge is -2.08. The topological polar surface area (TPSA) is 91.0 Å². The van der Waals surface area contributed by atoms with Crippen molar-refractivity contribution in [3.8, 4) is 5.75 Å². The van der Waals surface area contributed by atoms with Gasteiger partial charge < -0.3 is 9.47 Å². The number of benzene rings is 3. The third kappa shape index (κ3) is 4.97. The Hall–Kier alpha value is -3.24. The van der Waals surface area contributed by atoms with E-state index in [9.17, 15) is 14.9 Å². The van der Waals surface area contributed by atoms with Gasteiger partial charge in [0.05, 0.1) is 15.5 Å². The van der Waals surface area contributed by atoms with E-state index in [0.717, 1.165) is 9.13 Å². The second kappa shape index (κ2) is 9.49. The van der Waals surface area contributed by atoms with Crippen LogP contribution in [0.25, 0.3) is 6.08 Å².